The summed E-state index contributed by atoms with van der Waals surface area (Å²) in [6.45, 7) is 0. The number of hydrogen-bond acceptors (Lipinski definition) is 2. The van der Waals surface area contributed by atoms with Crippen LogP contribution in [0.5, 0.6) is 0 Å². The lowest BCUT2D eigenvalue weighted by atomic mass is 9.94. The van der Waals surface area contributed by atoms with E-state index in [1.165, 1.54) is 33.0 Å². The van der Waals surface area contributed by atoms with Gasteiger partial charge in [0.15, 0.2) is 0 Å². The maximum Gasteiger partial charge on any atom is 0.0715 e. The summed E-state index contributed by atoms with van der Waals surface area (Å²) >= 11 is 0. The summed E-state index contributed by atoms with van der Waals surface area (Å²) in [6.07, 6.45) is 0. The van der Waals surface area contributed by atoms with Crippen molar-refractivity contribution in [2.24, 2.45) is 0 Å². The van der Waals surface area contributed by atoms with Gasteiger partial charge in [-0.15, -0.1) is 0 Å². The molecule has 8 aromatic carbocycles. The van der Waals surface area contributed by atoms with Crippen LogP contribution in [0.3, 0.4) is 0 Å². The van der Waals surface area contributed by atoms with Crippen molar-refractivity contribution in [2.75, 3.05) is 0 Å². The minimum absolute atomic E-state index is 0.960. The Hall–Kier alpha value is -7.68. The van der Waals surface area contributed by atoms with Crippen molar-refractivity contribution in [2.45, 2.75) is 0 Å². The van der Waals surface area contributed by atoms with Crippen LogP contribution in [0.4, 0.5) is 0 Å². The summed E-state index contributed by atoms with van der Waals surface area (Å²) in [6, 6.07) is 81.9. The first-order valence-corrected chi connectivity index (χ1v) is 19.7. The van der Waals surface area contributed by atoms with Crippen molar-refractivity contribution in [1.82, 2.24) is 9.97 Å². The third kappa shape index (κ3) is 7.23. The SMILES string of the molecule is c1ccc(-c2cc(-c3cccc(-c4ccc5ccc(-c6cccc(-c7cc(-c8ccccc8)nc(-c8ccccc8)c7)c6)cc5c4)c3)cc(-c3ccccc3)n2)cc1. The molecule has 10 aromatic rings. The molecule has 0 aliphatic carbocycles. The molecule has 2 heteroatoms. The first kappa shape index (κ1) is 34.8. The zero-order valence-electron chi connectivity index (χ0n) is 31.8. The molecule has 2 nitrogen and oxygen atoms in total. The lowest BCUT2D eigenvalue weighted by molar-refractivity contribution is 1.32. The molecule has 0 bridgehead atoms. The van der Waals surface area contributed by atoms with Crippen LogP contribution in [-0.2, 0) is 0 Å². The molecule has 10 rings (SSSR count). The minimum atomic E-state index is 0.960. The van der Waals surface area contributed by atoms with Gasteiger partial charge in [0.25, 0.3) is 0 Å². The number of nitrogens with zero attached hydrogens (tertiary/aromatic N) is 2. The van der Waals surface area contributed by atoms with E-state index < -0.39 is 0 Å². The van der Waals surface area contributed by atoms with Crippen LogP contribution >= 0.6 is 0 Å². The number of fused-ring (bicyclic) bond motifs is 1. The van der Waals surface area contributed by atoms with E-state index in [-0.39, 0.29) is 0 Å². The molecular weight excluding hydrogens is 701 g/mol. The molecule has 0 aliphatic rings. The number of hydrogen-bond donors (Lipinski definition) is 0. The Bertz CT molecular complexity index is 2710. The van der Waals surface area contributed by atoms with Crippen molar-refractivity contribution in [1.29, 1.82) is 0 Å². The molecule has 0 fully saturated rings. The summed E-state index contributed by atoms with van der Waals surface area (Å²) in [5.74, 6) is 0. The predicted octanol–water partition coefficient (Wildman–Crippen LogP) is 15.0. The van der Waals surface area contributed by atoms with Gasteiger partial charge in [0.1, 0.15) is 0 Å². The molecule has 2 aromatic heterocycles. The van der Waals surface area contributed by atoms with E-state index in [1.54, 1.807) is 0 Å². The maximum absolute atomic E-state index is 5.10. The fraction of sp³-hybridized carbons (Fsp3) is 0. The summed E-state index contributed by atoms with van der Waals surface area (Å²) in [7, 11) is 0. The van der Waals surface area contributed by atoms with Gasteiger partial charge in [-0.05, 0) is 104 Å². The quantitative estimate of drug-likeness (QED) is 0.155. The van der Waals surface area contributed by atoms with Gasteiger partial charge in [-0.1, -0.05) is 182 Å². The van der Waals surface area contributed by atoms with Gasteiger partial charge in [0, 0.05) is 22.3 Å². The maximum atomic E-state index is 5.10. The van der Waals surface area contributed by atoms with Gasteiger partial charge in [-0.2, -0.15) is 0 Å². The molecule has 0 N–H and O–H groups in total. The fourth-order valence-electron chi connectivity index (χ4n) is 7.78. The van der Waals surface area contributed by atoms with E-state index in [9.17, 15) is 0 Å². The van der Waals surface area contributed by atoms with Crippen LogP contribution in [0.15, 0.2) is 231 Å². The average molecular weight is 739 g/mol. The predicted molar refractivity (Wildman–Crippen MR) is 243 cm³/mol. The zero-order chi connectivity index (χ0) is 38.7. The molecule has 272 valence electrons. The van der Waals surface area contributed by atoms with Crippen LogP contribution in [-0.4, -0.2) is 9.97 Å². The van der Waals surface area contributed by atoms with E-state index in [2.05, 4.69) is 206 Å². The second-order valence-electron chi connectivity index (χ2n) is 14.7. The van der Waals surface area contributed by atoms with Crippen molar-refractivity contribution in [3.8, 4) is 89.5 Å². The normalized spacial score (nSPS) is 11.1. The largest absolute Gasteiger partial charge is 0.248 e. The Morgan fingerprint density at radius 2 is 0.448 bits per heavy atom. The van der Waals surface area contributed by atoms with Crippen molar-refractivity contribution < 1.29 is 0 Å². The molecular formula is C56H38N2. The molecule has 0 saturated carbocycles. The summed E-state index contributed by atoms with van der Waals surface area (Å²) in [5, 5.41) is 2.41. The first-order chi connectivity index (χ1) is 28.7. The van der Waals surface area contributed by atoms with Gasteiger partial charge in [-0.3, -0.25) is 0 Å². The third-order valence-electron chi connectivity index (χ3n) is 10.8. The molecule has 58 heavy (non-hydrogen) atoms. The van der Waals surface area contributed by atoms with Crippen molar-refractivity contribution >= 4 is 10.8 Å². The lowest BCUT2D eigenvalue weighted by Gasteiger charge is -2.13. The standard InChI is InChI=1S/C56H38N2/c1-5-15-40(16-6-1)53-35-51(36-54(57-53)41-17-7-2-8-18-41)46-25-13-23-44(31-46)48-29-27-39-28-30-49(34-50(39)33-48)45-24-14-26-47(32-45)52-37-55(42-19-9-3-10-20-42)58-56(38-52)43-21-11-4-12-22-43/h1-38H. The zero-order valence-corrected chi connectivity index (χ0v) is 31.8. The van der Waals surface area contributed by atoms with Gasteiger partial charge in [0.05, 0.1) is 22.8 Å². The van der Waals surface area contributed by atoms with Gasteiger partial charge in [0.2, 0.25) is 0 Å². The molecule has 0 spiro atoms. The topological polar surface area (TPSA) is 25.8 Å². The first-order valence-electron chi connectivity index (χ1n) is 19.7. The Kier molecular flexibility index (Phi) is 9.27. The summed E-state index contributed by atoms with van der Waals surface area (Å²) in [4.78, 5) is 10.2. The fourth-order valence-corrected chi connectivity index (χ4v) is 7.78. The van der Waals surface area contributed by atoms with Crippen molar-refractivity contribution in [3.63, 3.8) is 0 Å². The number of pyridine rings is 2. The van der Waals surface area contributed by atoms with E-state index in [4.69, 9.17) is 9.97 Å². The smallest absolute Gasteiger partial charge is 0.0715 e. The molecule has 0 unspecified atom stereocenters. The average Bonchev–Trinajstić information content (AvgIpc) is 3.32. The third-order valence-corrected chi connectivity index (χ3v) is 10.8. The van der Waals surface area contributed by atoms with Crippen LogP contribution < -0.4 is 0 Å². The molecule has 0 radical (unpaired) electrons. The minimum Gasteiger partial charge on any atom is -0.248 e. The number of aromatic nitrogens is 2. The second kappa shape index (κ2) is 15.5. The van der Waals surface area contributed by atoms with E-state index in [0.717, 1.165) is 67.3 Å². The highest BCUT2D eigenvalue weighted by Crippen LogP contribution is 2.36. The second-order valence-corrected chi connectivity index (χ2v) is 14.7. The highest BCUT2D eigenvalue weighted by atomic mass is 14.7. The molecule has 0 amide bonds. The van der Waals surface area contributed by atoms with Crippen LogP contribution in [0, 0.1) is 0 Å². The van der Waals surface area contributed by atoms with Crippen LogP contribution in [0.2, 0.25) is 0 Å². The van der Waals surface area contributed by atoms with E-state index in [1.807, 2.05) is 24.3 Å². The molecule has 2 heterocycles. The summed E-state index contributed by atoms with van der Waals surface area (Å²) in [5.41, 5.74) is 17.5. The lowest BCUT2D eigenvalue weighted by Crippen LogP contribution is -1.91. The Morgan fingerprint density at radius 1 is 0.172 bits per heavy atom. The Labute approximate surface area is 339 Å². The molecule has 0 atom stereocenters. The molecule has 0 aliphatic heterocycles. The molecule has 0 saturated heterocycles. The van der Waals surface area contributed by atoms with E-state index in [0.29, 0.717) is 0 Å². The number of rotatable bonds is 8. The van der Waals surface area contributed by atoms with Gasteiger partial charge >= 0.3 is 0 Å². The van der Waals surface area contributed by atoms with Gasteiger partial charge in [-0.25, -0.2) is 9.97 Å². The van der Waals surface area contributed by atoms with Crippen LogP contribution in [0.25, 0.3) is 100 Å². The van der Waals surface area contributed by atoms with Gasteiger partial charge < -0.3 is 0 Å². The Balaban J connectivity index is 1.00. The van der Waals surface area contributed by atoms with Crippen LogP contribution in [0.1, 0.15) is 0 Å². The highest BCUT2D eigenvalue weighted by molar-refractivity contribution is 5.92. The van der Waals surface area contributed by atoms with E-state index >= 15 is 0 Å². The monoisotopic (exact) mass is 738 g/mol. The Morgan fingerprint density at radius 3 is 0.776 bits per heavy atom. The highest BCUT2D eigenvalue weighted by Gasteiger charge is 2.13. The number of benzene rings is 8. The van der Waals surface area contributed by atoms with Crippen molar-refractivity contribution in [3.05, 3.63) is 231 Å². The summed E-state index contributed by atoms with van der Waals surface area (Å²) < 4.78 is 0.